The molecule has 25 heavy (non-hydrogen) atoms. The molecule has 0 amide bonds. The Bertz CT molecular complexity index is 781. The van der Waals surface area contributed by atoms with Crippen molar-refractivity contribution in [1.29, 1.82) is 0 Å². The molecule has 1 aliphatic heterocycles. The minimum Gasteiger partial charge on any atom is -0.296 e. The van der Waals surface area contributed by atoms with Crippen molar-refractivity contribution < 1.29 is 8.42 Å². The average molecular weight is 359 g/mol. The van der Waals surface area contributed by atoms with Gasteiger partial charge in [0, 0.05) is 45.1 Å². The molecule has 0 atom stereocenters. The van der Waals surface area contributed by atoms with Crippen LogP contribution in [0.5, 0.6) is 0 Å². The number of hydrogen-bond acceptors (Lipinski definition) is 4. The first kappa shape index (κ1) is 18.0. The fourth-order valence-electron chi connectivity index (χ4n) is 3.05. The first-order chi connectivity index (χ1) is 12.0. The molecule has 1 aromatic carbocycles. The predicted molar refractivity (Wildman–Crippen MR) is 98.8 cm³/mol. The Morgan fingerprint density at radius 2 is 1.56 bits per heavy atom. The standard InChI is InChI=1S/C19H25N3O2S/c1-16(2)18-3-5-19(6-4-18)25(23,24)22-13-11-21(12-14-22)15-17-7-9-20-10-8-17/h3-10,16H,11-15H2,1-2H3. The number of pyridine rings is 1. The summed E-state index contributed by atoms with van der Waals surface area (Å²) < 4.78 is 27.3. The number of benzene rings is 1. The molecule has 2 aromatic rings. The van der Waals surface area contributed by atoms with Crippen molar-refractivity contribution in [2.24, 2.45) is 0 Å². The minimum absolute atomic E-state index is 0.388. The van der Waals surface area contributed by atoms with Crippen LogP contribution in [0.3, 0.4) is 0 Å². The van der Waals surface area contributed by atoms with E-state index in [1.807, 2.05) is 24.3 Å². The van der Waals surface area contributed by atoms with Crippen molar-refractivity contribution >= 4 is 10.0 Å². The summed E-state index contributed by atoms with van der Waals surface area (Å²) in [6.07, 6.45) is 3.58. The van der Waals surface area contributed by atoms with Gasteiger partial charge in [0.1, 0.15) is 0 Å². The summed E-state index contributed by atoms with van der Waals surface area (Å²) >= 11 is 0. The Hall–Kier alpha value is -1.76. The normalized spacial score (nSPS) is 17.1. The molecule has 0 radical (unpaired) electrons. The maximum absolute atomic E-state index is 12.8. The summed E-state index contributed by atoms with van der Waals surface area (Å²) in [6, 6.07) is 11.3. The summed E-state index contributed by atoms with van der Waals surface area (Å²) in [5.74, 6) is 0.397. The van der Waals surface area contributed by atoms with E-state index in [2.05, 4.69) is 23.7 Å². The zero-order chi connectivity index (χ0) is 17.9. The van der Waals surface area contributed by atoms with Crippen LogP contribution in [0.2, 0.25) is 0 Å². The van der Waals surface area contributed by atoms with E-state index in [1.165, 1.54) is 5.56 Å². The third kappa shape index (κ3) is 4.26. The first-order valence-corrected chi connectivity index (χ1v) is 10.1. The SMILES string of the molecule is CC(C)c1ccc(S(=O)(=O)N2CCN(Cc3ccncc3)CC2)cc1. The van der Waals surface area contributed by atoms with Crippen LogP contribution in [0.15, 0.2) is 53.7 Å². The van der Waals surface area contributed by atoms with Gasteiger partial charge < -0.3 is 0 Å². The van der Waals surface area contributed by atoms with Gasteiger partial charge in [0.15, 0.2) is 0 Å². The summed E-state index contributed by atoms with van der Waals surface area (Å²) in [5.41, 5.74) is 2.36. The second-order valence-corrected chi connectivity index (χ2v) is 8.70. The molecule has 0 aliphatic carbocycles. The van der Waals surface area contributed by atoms with Crippen LogP contribution in [-0.4, -0.2) is 48.8 Å². The minimum atomic E-state index is -3.40. The second-order valence-electron chi connectivity index (χ2n) is 6.76. The molecule has 0 saturated carbocycles. The number of hydrogen-bond donors (Lipinski definition) is 0. The molecular formula is C19H25N3O2S. The number of aromatic nitrogens is 1. The lowest BCUT2D eigenvalue weighted by atomic mass is 10.0. The van der Waals surface area contributed by atoms with E-state index < -0.39 is 10.0 Å². The van der Waals surface area contributed by atoms with Gasteiger partial charge in [0.05, 0.1) is 4.90 Å². The molecular weight excluding hydrogens is 334 g/mol. The number of sulfonamides is 1. The van der Waals surface area contributed by atoms with Gasteiger partial charge in [0.2, 0.25) is 10.0 Å². The van der Waals surface area contributed by atoms with Crippen molar-refractivity contribution in [3.63, 3.8) is 0 Å². The van der Waals surface area contributed by atoms with E-state index in [9.17, 15) is 8.42 Å². The average Bonchev–Trinajstić information content (AvgIpc) is 2.63. The Morgan fingerprint density at radius 1 is 0.960 bits per heavy atom. The Balaban J connectivity index is 1.63. The van der Waals surface area contributed by atoms with Crippen LogP contribution in [-0.2, 0) is 16.6 Å². The fraction of sp³-hybridized carbons (Fsp3) is 0.421. The highest BCUT2D eigenvalue weighted by molar-refractivity contribution is 7.89. The van der Waals surface area contributed by atoms with Crippen molar-refractivity contribution in [2.75, 3.05) is 26.2 Å². The van der Waals surface area contributed by atoms with E-state index >= 15 is 0 Å². The molecule has 134 valence electrons. The maximum Gasteiger partial charge on any atom is 0.243 e. The van der Waals surface area contributed by atoms with Gasteiger partial charge in [-0.3, -0.25) is 9.88 Å². The molecule has 3 rings (SSSR count). The van der Waals surface area contributed by atoms with Crippen molar-refractivity contribution in [3.05, 3.63) is 59.9 Å². The third-order valence-corrected chi connectivity index (χ3v) is 6.58. The van der Waals surface area contributed by atoms with Crippen LogP contribution in [0, 0.1) is 0 Å². The smallest absolute Gasteiger partial charge is 0.243 e. The molecule has 0 unspecified atom stereocenters. The third-order valence-electron chi connectivity index (χ3n) is 4.67. The van der Waals surface area contributed by atoms with Gasteiger partial charge in [-0.15, -0.1) is 0 Å². The molecule has 0 spiro atoms. The maximum atomic E-state index is 12.8. The second kappa shape index (κ2) is 7.64. The van der Waals surface area contributed by atoms with Crippen LogP contribution in [0.1, 0.15) is 30.9 Å². The number of rotatable bonds is 5. The lowest BCUT2D eigenvalue weighted by Crippen LogP contribution is -2.48. The van der Waals surface area contributed by atoms with E-state index in [0.717, 1.165) is 25.2 Å². The number of piperazine rings is 1. The molecule has 1 fully saturated rings. The van der Waals surface area contributed by atoms with Crippen LogP contribution >= 0.6 is 0 Å². The molecule has 1 aliphatic rings. The van der Waals surface area contributed by atoms with E-state index in [-0.39, 0.29) is 0 Å². The van der Waals surface area contributed by atoms with Crippen LogP contribution in [0.4, 0.5) is 0 Å². The Morgan fingerprint density at radius 3 is 2.12 bits per heavy atom. The molecule has 0 N–H and O–H groups in total. The topological polar surface area (TPSA) is 53.5 Å². The lowest BCUT2D eigenvalue weighted by molar-refractivity contribution is 0.181. The van der Waals surface area contributed by atoms with E-state index in [1.54, 1.807) is 28.8 Å². The summed E-state index contributed by atoms with van der Waals surface area (Å²) in [4.78, 5) is 6.70. The van der Waals surface area contributed by atoms with Gasteiger partial charge in [-0.25, -0.2) is 8.42 Å². The molecule has 5 nitrogen and oxygen atoms in total. The Kier molecular flexibility index (Phi) is 5.51. The zero-order valence-corrected chi connectivity index (χ0v) is 15.6. The number of nitrogens with zero attached hydrogens (tertiary/aromatic N) is 3. The van der Waals surface area contributed by atoms with Crippen LogP contribution in [0.25, 0.3) is 0 Å². The molecule has 1 aromatic heterocycles. The molecule has 1 saturated heterocycles. The molecule has 0 bridgehead atoms. The van der Waals surface area contributed by atoms with Gasteiger partial charge >= 0.3 is 0 Å². The quantitative estimate of drug-likeness (QED) is 0.824. The highest BCUT2D eigenvalue weighted by atomic mass is 32.2. The largest absolute Gasteiger partial charge is 0.296 e. The monoisotopic (exact) mass is 359 g/mol. The molecule has 2 heterocycles. The summed E-state index contributed by atoms with van der Waals surface area (Å²) in [7, 11) is -3.40. The van der Waals surface area contributed by atoms with E-state index in [0.29, 0.717) is 23.9 Å². The van der Waals surface area contributed by atoms with Gasteiger partial charge in [0.25, 0.3) is 0 Å². The van der Waals surface area contributed by atoms with Gasteiger partial charge in [-0.2, -0.15) is 4.31 Å². The highest BCUT2D eigenvalue weighted by Gasteiger charge is 2.28. The van der Waals surface area contributed by atoms with Crippen molar-refractivity contribution in [3.8, 4) is 0 Å². The Labute approximate surface area is 150 Å². The summed E-state index contributed by atoms with van der Waals surface area (Å²) in [5, 5.41) is 0. The summed E-state index contributed by atoms with van der Waals surface area (Å²) in [6.45, 7) is 7.58. The predicted octanol–water partition coefficient (Wildman–Crippen LogP) is 2.71. The van der Waals surface area contributed by atoms with Crippen LogP contribution < -0.4 is 0 Å². The zero-order valence-electron chi connectivity index (χ0n) is 14.8. The lowest BCUT2D eigenvalue weighted by Gasteiger charge is -2.34. The first-order valence-electron chi connectivity index (χ1n) is 8.68. The van der Waals surface area contributed by atoms with Crippen molar-refractivity contribution in [1.82, 2.24) is 14.2 Å². The highest BCUT2D eigenvalue weighted by Crippen LogP contribution is 2.21. The fourth-order valence-corrected chi connectivity index (χ4v) is 4.47. The van der Waals surface area contributed by atoms with Gasteiger partial charge in [-0.1, -0.05) is 26.0 Å². The molecule has 6 heteroatoms. The van der Waals surface area contributed by atoms with Crippen molar-refractivity contribution in [2.45, 2.75) is 31.2 Å². The van der Waals surface area contributed by atoms with Gasteiger partial charge in [-0.05, 0) is 41.3 Å². The van der Waals surface area contributed by atoms with E-state index in [4.69, 9.17) is 0 Å².